The van der Waals surface area contributed by atoms with Crippen LogP contribution in [0.15, 0.2) is 54.1 Å². The Hall–Kier alpha value is -4.05. The van der Waals surface area contributed by atoms with Crippen molar-refractivity contribution in [3.05, 3.63) is 69.8 Å². The van der Waals surface area contributed by atoms with Crippen LogP contribution in [0.1, 0.15) is 12.5 Å². The maximum absolute atomic E-state index is 13.0. The molecule has 2 amide bonds. The summed E-state index contributed by atoms with van der Waals surface area (Å²) in [6.45, 7) is 1.26. The van der Waals surface area contributed by atoms with E-state index >= 15 is 0 Å². The number of nitro benzene ring substituents is 1. The summed E-state index contributed by atoms with van der Waals surface area (Å²) in [5, 5.41) is 11.0. The van der Waals surface area contributed by atoms with Gasteiger partial charge in [0.05, 0.1) is 21.9 Å². The summed E-state index contributed by atoms with van der Waals surface area (Å²) in [6.07, 6.45) is -1.16. The van der Waals surface area contributed by atoms with Gasteiger partial charge in [-0.25, -0.2) is 4.90 Å². The van der Waals surface area contributed by atoms with E-state index in [1.165, 1.54) is 49.4 Å². The van der Waals surface area contributed by atoms with Gasteiger partial charge in [0.1, 0.15) is 5.75 Å². The van der Waals surface area contributed by atoms with Crippen molar-refractivity contribution >= 4 is 34.9 Å². The molecule has 2 aromatic carbocycles. The summed E-state index contributed by atoms with van der Waals surface area (Å²) in [5.74, 6) is -1.42. The Morgan fingerprint density at radius 2 is 1.93 bits per heavy atom. The second kappa shape index (κ2) is 6.84. The van der Waals surface area contributed by atoms with Crippen LogP contribution in [0.4, 0.5) is 11.4 Å². The van der Waals surface area contributed by atoms with Gasteiger partial charge in [-0.2, -0.15) is 0 Å². The third kappa shape index (κ3) is 3.11. The molecular weight excluding hydrogens is 382 g/mol. The predicted octanol–water partition coefficient (Wildman–Crippen LogP) is 1.71. The minimum absolute atomic E-state index is 0.0690. The molecule has 1 saturated heterocycles. The third-order valence-electron chi connectivity index (χ3n) is 4.39. The van der Waals surface area contributed by atoms with Crippen LogP contribution in [0.25, 0.3) is 5.70 Å². The number of nitrogens with zero attached hydrogens (tertiary/aromatic N) is 2. The standard InChI is InChI=1S/C19H13N3O7/c1-10(23)28-14-7-5-12(6-8-14)21-18(24)15-16(20-29-17(15)19(21)25)11-3-2-4-13(9-11)22(26)27/h2-9,17,20H,1H3/t17-/m0/s1. The van der Waals surface area contributed by atoms with Gasteiger partial charge >= 0.3 is 5.97 Å². The van der Waals surface area contributed by atoms with Crippen molar-refractivity contribution in [2.24, 2.45) is 0 Å². The second-order valence-corrected chi connectivity index (χ2v) is 6.26. The number of hydrogen-bond acceptors (Lipinski definition) is 8. The molecule has 0 saturated carbocycles. The number of imide groups is 1. The Labute approximate surface area is 163 Å². The number of anilines is 1. The first kappa shape index (κ1) is 18.3. The summed E-state index contributed by atoms with van der Waals surface area (Å²) in [5.41, 5.74) is 3.28. The minimum atomic E-state index is -1.16. The first-order valence-electron chi connectivity index (χ1n) is 8.44. The van der Waals surface area contributed by atoms with Gasteiger partial charge in [-0.05, 0) is 24.3 Å². The number of nitro groups is 1. The number of carbonyl (C=O) groups is 3. The smallest absolute Gasteiger partial charge is 0.308 e. The highest BCUT2D eigenvalue weighted by atomic mass is 16.7. The van der Waals surface area contributed by atoms with E-state index in [-0.39, 0.29) is 28.4 Å². The highest BCUT2D eigenvalue weighted by molar-refractivity contribution is 6.33. The average Bonchev–Trinajstić information content (AvgIpc) is 3.23. The molecule has 2 heterocycles. The zero-order valence-corrected chi connectivity index (χ0v) is 14.9. The van der Waals surface area contributed by atoms with Crippen LogP contribution in [0.5, 0.6) is 5.75 Å². The average molecular weight is 395 g/mol. The number of non-ortho nitro benzene ring substituents is 1. The highest BCUT2D eigenvalue weighted by Gasteiger charge is 2.50. The molecule has 29 heavy (non-hydrogen) atoms. The van der Waals surface area contributed by atoms with E-state index in [0.29, 0.717) is 5.56 Å². The van der Waals surface area contributed by atoms with Crippen molar-refractivity contribution in [2.75, 3.05) is 4.90 Å². The number of benzene rings is 2. The molecule has 2 aliphatic rings. The number of hydroxylamine groups is 1. The molecule has 2 aliphatic heterocycles. The van der Waals surface area contributed by atoms with Crippen molar-refractivity contribution in [1.82, 2.24) is 5.48 Å². The van der Waals surface area contributed by atoms with Crippen molar-refractivity contribution in [2.45, 2.75) is 13.0 Å². The summed E-state index contributed by atoms with van der Waals surface area (Å²) in [4.78, 5) is 53.4. The van der Waals surface area contributed by atoms with Gasteiger partial charge in [0.25, 0.3) is 17.5 Å². The molecule has 0 bridgehead atoms. The van der Waals surface area contributed by atoms with E-state index in [9.17, 15) is 24.5 Å². The minimum Gasteiger partial charge on any atom is -0.427 e. The molecule has 2 aromatic rings. The highest BCUT2D eigenvalue weighted by Crippen LogP contribution is 2.36. The van der Waals surface area contributed by atoms with Gasteiger partial charge in [-0.15, -0.1) is 0 Å². The van der Waals surface area contributed by atoms with Crippen LogP contribution >= 0.6 is 0 Å². The molecule has 0 unspecified atom stereocenters. The number of carbonyl (C=O) groups excluding carboxylic acids is 3. The fourth-order valence-electron chi connectivity index (χ4n) is 3.16. The number of esters is 1. The summed E-state index contributed by atoms with van der Waals surface area (Å²) < 4.78 is 4.94. The number of hydrogen-bond donors (Lipinski definition) is 1. The summed E-state index contributed by atoms with van der Waals surface area (Å²) in [6, 6.07) is 11.5. The van der Waals surface area contributed by atoms with E-state index in [1.54, 1.807) is 6.07 Å². The fourth-order valence-corrected chi connectivity index (χ4v) is 3.16. The molecule has 1 fully saturated rings. The van der Waals surface area contributed by atoms with Crippen molar-refractivity contribution in [3.8, 4) is 5.75 Å². The molecule has 1 N–H and O–H groups in total. The lowest BCUT2D eigenvalue weighted by Gasteiger charge is -2.16. The first-order chi connectivity index (χ1) is 13.9. The van der Waals surface area contributed by atoms with Crippen molar-refractivity contribution in [3.63, 3.8) is 0 Å². The quantitative estimate of drug-likeness (QED) is 0.272. The van der Waals surface area contributed by atoms with E-state index in [1.807, 2.05) is 0 Å². The molecule has 4 rings (SSSR count). The van der Waals surface area contributed by atoms with Gasteiger partial charge in [0.15, 0.2) is 6.10 Å². The van der Waals surface area contributed by atoms with E-state index < -0.39 is 28.8 Å². The molecular formula is C19H13N3O7. The van der Waals surface area contributed by atoms with Crippen LogP contribution < -0.4 is 15.1 Å². The zero-order valence-electron chi connectivity index (χ0n) is 14.9. The maximum atomic E-state index is 13.0. The number of ether oxygens (including phenoxy) is 1. The molecule has 10 heteroatoms. The van der Waals surface area contributed by atoms with Crippen LogP contribution in [-0.2, 0) is 19.2 Å². The number of amides is 2. The molecule has 0 radical (unpaired) electrons. The fraction of sp³-hybridized carbons (Fsp3) is 0.105. The van der Waals surface area contributed by atoms with Gasteiger partial charge < -0.3 is 4.74 Å². The topological polar surface area (TPSA) is 128 Å². The summed E-state index contributed by atoms with van der Waals surface area (Å²) in [7, 11) is 0. The van der Waals surface area contributed by atoms with Crippen molar-refractivity contribution in [1.29, 1.82) is 0 Å². The van der Waals surface area contributed by atoms with Crippen LogP contribution in [0, 0.1) is 10.1 Å². The lowest BCUT2D eigenvalue weighted by atomic mass is 10.0. The Kier molecular flexibility index (Phi) is 4.32. The number of nitrogens with one attached hydrogen (secondary N) is 1. The molecule has 0 spiro atoms. The van der Waals surface area contributed by atoms with Crippen LogP contribution in [0.2, 0.25) is 0 Å². The molecule has 10 nitrogen and oxygen atoms in total. The van der Waals surface area contributed by atoms with Gasteiger partial charge in [0, 0.05) is 24.6 Å². The van der Waals surface area contributed by atoms with Crippen LogP contribution in [-0.4, -0.2) is 28.8 Å². The predicted molar refractivity (Wildman–Crippen MR) is 98.3 cm³/mol. The maximum Gasteiger partial charge on any atom is 0.308 e. The van der Waals surface area contributed by atoms with E-state index in [4.69, 9.17) is 9.57 Å². The van der Waals surface area contributed by atoms with Gasteiger partial charge in [-0.1, -0.05) is 12.1 Å². The Morgan fingerprint density at radius 3 is 2.59 bits per heavy atom. The lowest BCUT2D eigenvalue weighted by molar-refractivity contribution is -0.384. The number of rotatable bonds is 4. The Balaban J connectivity index is 1.70. The number of fused-ring (bicyclic) bond motifs is 1. The van der Waals surface area contributed by atoms with E-state index in [2.05, 4.69) is 5.48 Å². The molecule has 146 valence electrons. The SMILES string of the molecule is CC(=O)Oc1ccc(N2C(=O)C3=C(c4cccc([N+](=O)[O-])c4)NO[C@@H]3C2=O)cc1. The first-order valence-corrected chi connectivity index (χ1v) is 8.44. The normalized spacial score (nSPS) is 18.0. The molecule has 0 aliphatic carbocycles. The largest absolute Gasteiger partial charge is 0.427 e. The zero-order chi connectivity index (χ0) is 20.7. The van der Waals surface area contributed by atoms with Crippen LogP contribution in [0.3, 0.4) is 0 Å². The van der Waals surface area contributed by atoms with Crippen molar-refractivity contribution < 1.29 is 28.9 Å². The lowest BCUT2D eigenvalue weighted by Crippen LogP contribution is -2.34. The summed E-state index contributed by atoms with van der Waals surface area (Å²) >= 11 is 0. The Morgan fingerprint density at radius 1 is 1.21 bits per heavy atom. The second-order valence-electron chi connectivity index (χ2n) is 6.26. The van der Waals surface area contributed by atoms with Gasteiger partial charge in [0.2, 0.25) is 0 Å². The van der Waals surface area contributed by atoms with E-state index in [0.717, 1.165) is 4.90 Å². The van der Waals surface area contributed by atoms with Gasteiger partial charge in [-0.3, -0.25) is 34.8 Å². The Bertz CT molecular complexity index is 1090. The third-order valence-corrected chi connectivity index (χ3v) is 4.39. The molecule has 0 aromatic heterocycles. The molecule has 1 atom stereocenters. The monoisotopic (exact) mass is 395 g/mol.